The predicted molar refractivity (Wildman–Crippen MR) is 104 cm³/mol. The minimum absolute atomic E-state index is 0.0112. The van der Waals surface area contributed by atoms with Gasteiger partial charge in [-0.2, -0.15) is 27.9 Å². The monoisotopic (exact) mass is 455 g/mol. The molecule has 3 aromatic rings. The second-order valence-electron chi connectivity index (χ2n) is 8.12. The molecule has 4 rings (SSSR count). The molecule has 32 heavy (non-hydrogen) atoms. The fraction of sp³-hybridized carbons (Fsp3) is 0.500. The Balaban J connectivity index is 1.83. The molecule has 0 amide bonds. The average Bonchev–Trinajstić information content (AvgIpc) is 3.35. The Morgan fingerprint density at radius 1 is 1.34 bits per heavy atom. The molecule has 3 heterocycles. The van der Waals surface area contributed by atoms with Gasteiger partial charge in [-0.25, -0.2) is 9.18 Å². The van der Waals surface area contributed by atoms with Crippen molar-refractivity contribution in [3.05, 3.63) is 29.5 Å². The van der Waals surface area contributed by atoms with Gasteiger partial charge < -0.3 is 14.6 Å². The highest BCUT2D eigenvalue weighted by molar-refractivity contribution is 5.92. The zero-order chi connectivity index (χ0) is 23.2. The number of nitrogens with zero attached hydrogens (tertiary/aromatic N) is 4. The van der Waals surface area contributed by atoms with E-state index in [0.717, 1.165) is 36.3 Å². The van der Waals surface area contributed by atoms with Crippen molar-refractivity contribution < 1.29 is 31.6 Å². The van der Waals surface area contributed by atoms with Crippen LogP contribution in [-0.2, 0) is 4.79 Å². The van der Waals surface area contributed by atoms with E-state index in [9.17, 15) is 22.4 Å². The van der Waals surface area contributed by atoms with Crippen LogP contribution in [0.25, 0.3) is 16.9 Å². The number of halogens is 4. The zero-order valence-corrected chi connectivity index (χ0v) is 17.5. The van der Waals surface area contributed by atoms with Crippen molar-refractivity contribution in [3.8, 4) is 11.7 Å². The molecule has 12 heteroatoms. The first kappa shape index (κ1) is 22.2. The summed E-state index contributed by atoms with van der Waals surface area (Å²) >= 11 is 0. The van der Waals surface area contributed by atoms with Crippen LogP contribution in [0.2, 0.25) is 0 Å². The quantitative estimate of drug-likeness (QED) is 0.363. The fourth-order valence-electron chi connectivity index (χ4n) is 3.85. The van der Waals surface area contributed by atoms with E-state index in [-0.39, 0.29) is 40.3 Å². The van der Waals surface area contributed by atoms with Crippen LogP contribution in [0, 0.1) is 11.7 Å². The van der Waals surface area contributed by atoms with Gasteiger partial charge >= 0.3 is 12.1 Å². The lowest BCUT2D eigenvalue weighted by molar-refractivity contribution is -0.189. The summed E-state index contributed by atoms with van der Waals surface area (Å²) in [6.07, 6.45) is -4.42. The van der Waals surface area contributed by atoms with E-state index in [4.69, 9.17) is 4.52 Å². The molecule has 0 radical (unpaired) electrons. The number of ether oxygens (including phenoxy) is 1. The fourth-order valence-corrected chi connectivity index (χ4v) is 3.85. The molecule has 0 saturated carbocycles. The number of aromatic nitrogens is 4. The smallest absolute Gasteiger partial charge is 0.419 e. The van der Waals surface area contributed by atoms with Gasteiger partial charge in [0.05, 0.1) is 11.1 Å². The molecular weight excluding hydrogens is 434 g/mol. The van der Waals surface area contributed by atoms with E-state index in [1.165, 1.54) is 0 Å². The summed E-state index contributed by atoms with van der Waals surface area (Å²) in [7, 11) is 0. The number of benzene rings is 1. The largest absolute Gasteiger partial charge is 0.491 e. The summed E-state index contributed by atoms with van der Waals surface area (Å²) in [6, 6.07) is 1.87. The van der Waals surface area contributed by atoms with E-state index >= 15 is 0 Å². The maximum Gasteiger partial charge on any atom is 0.491 e. The van der Waals surface area contributed by atoms with Crippen molar-refractivity contribution in [2.75, 3.05) is 13.1 Å². The van der Waals surface area contributed by atoms with Crippen LogP contribution in [-0.4, -0.2) is 45.2 Å². The van der Waals surface area contributed by atoms with Crippen LogP contribution >= 0.6 is 0 Å². The van der Waals surface area contributed by atoms with E-state index in [2.05, 4.69) is 25.3 Å². The van der Waals surface area contributed by atoms with Gasteiger partial charge in [-0.3, -0.25) is 0 Å². The Labute approximate surface area is 179 Å². The first-order valence-corrected chi connectivity index (χ1v) is 10.1. The third-order valence-corrected chi connectivity index (χ3v) is 5.47. The third-order valence-electron chi connectivity index (χ3n) is 5.47. The zero-order valence-electron chi connectivity index (χ0n) is 17.5. The molecule has 1 fully saturated rings. The lowest BCUT2D eigenvalue weighted by Gasteiger charge is -2.26. The first-order valence-electron chi connectivity index (χ1n) is 10.1. The van der Waals surface area contributed by atoms with Crippen LogP contribution in [0.4, 0.5) is 17.6 Å². The van der Waals surface area contributed by atoms with Crippen molar-refractivity contribution >= 4 is 16.9 Å². The van der Waals surface area contributed by atoms with Crippen molar-refractivity contribution in [2.24, 2.45) is 5.92 Å². The number of nitrogens with one attached hydrogen (secondary N) is 1. The summed E-state index contributed by atoms with van der Waals surface area (Å²) in [5.74, 6) is -3.40. The van der Waals surface area contributed by atoms with Crippen molar-refractivity contribution in [3.63, 3.8) is 0 Å². The van der Waals surface area contributed by atoms with Gasteiger partial charge in [-0.1, -0.05) is 20.8 Å². The van der Waals surface area contributed by atoms with Gasteiger partial charge in [0.15, 0.2) is 0 Å². The minimum Gasteiger partial charge on any atom is -0.419 e. The second kappa shape index (κ2) is 8.15. The van der Waals surface area contributed by atoms with Crippen LogP contribution in [0.5, 0.6) is 5.75 Å². The van der Waals surface area contributed by atoms with E-state index in [1.54, 1.807) is 13.8 Å². The maximum atomic E-state index is 14.9. The molecule has 0 bridgehead atoms. The first-order chi connectivity index (χ1) is 15.1. The molecular formula is C20H21F4N5O3. The van der Waals surface area contributed by atoms with Crippen molar-refractivity contribution in [2.45, 2.75) is 45.2 Å². The highest BCUT2D eigenvalue weighted by Crippen LogP contribution is 2.37. The standard InChI is InChI=1S/C20H21F4N5O3/c1-9(2)15-14-13(31-18(30)20(22,23)24)5-4-12(21)16(14)29(27-15)19-26-17(32-28-19)11-6-7-25-8-10(11)3/h4-5,9-11,25H,6-8H2,1-3H3. The molecule has 1 N–H and O–H groups in total. The van der Waals surface area contributed by atoms with Crippen LogP contribution in [0.3, 0.4) is 0 Å². The summed E-state index contributed by atoms with van der Waals surface area (Å²) < 4.78 is 64.2. The number of hydrogen-bond donors (Lipinski definition) is 1. The van der Waals surface area contributed by atoms with Gasteiger partial charge in [-0.15, -0.1) is 0 Å². The van der Waals surface area contributed by atoms with E-state index in [0.29, 0.717) is 5.89 Å². The Morgan fingerprint density at radius 3 is 2.75 bits per heavy atom. The van der Waals surface area contributed by atoms with Crippen LogP contribution in [0.15, 0.2) is 16.7 Å². The number of esters is 1. The molecule has 2 unspecified atom stereocenters. The number of carbonyl (C=O) groups is 1. The van der Waals surface area contributed by atoms with Crippen LogP contribution in [0.1, 0.15) is 50.6 Å². The average molecular weight is 455 g/mol. The summed E-state index contributed by atoms with van der Waals surface area (Å²) in [6.45, 7) is 7.07. The number of alkyl halides is 3. The highest BCUT2D eigenvalue weighted by Gasteiger charge is 2.42. The lowest BCUT2D eigenvalue weighted by Crippen LogP contribution is -2.33. The number of piperidine rings is 1. The van der Waals surface area contributed by atoms with Crippen LogP contribution < -0.4 is 10.1 Å². The minimum atomic E-state index is -5.21. The number of carbonyl (C=O) groups excluding carboxylic acids is 1. The lowest BCUT2D eigenvalue weighted by atomic mass is 9.88. The molecule has 1 aliphatic heterocycles. The highest BCUT2D eigenvalue weighted by atomic mass is 19.4. The maximum absolute atomic E-state index is 14.9. The molecule has 2 aromatic heterocycles. The predicted octanol–water partition coefficient (Wildman–Crippen LogP) is 3.85. The Bertz CT molecular complexity index is 1150. The van der Waals surface area contributed by atoms with E-state index < -0.39 is 23.7 Å². The second-order valence-corrected chi connectivity index (χ2v) is 8.12. The Hall–Kier alpha value is -3.02. The molecule has 0 spiro atoms. The van der Waals surface area contributed by atoms with Gasteiger partial charge in [0, 0.05) is 5.92 Å². The van der Waals surface area contributed by atoms with Gasteiger partial charge in [0.25, 0.3) is 5.95 Å². The Morgan fingerprint density at radius 2 is 2.09 bits per heavy atom. The van der Waals surface area contributed by atoms with E-state index in [1.807, 2.05) is 6.92 Å². The summed E-state index contributed by atoms with van der Waals surface area (Å²) in [5, 5.41) is 11.5. The third kappa shape index (κ3) is 3.94. The number of hydrogen-bond acceptors (Lipinski definition) is 7. The summed E-state index contributed by atoms with van der Waals surface area (Å²) in [4.78, 5) is 15.8. The number of rotatable bonds is 4. The number of fused-ring (bicyclic) bond motifs is 1. The Kier molecular flexibility index (Phi) is 5.65. The van der Waals surface area contributed by atoms with Crippen molar-refractivity contribution in [1.29, 1.82) is 0 Å². The van der Waals surface area contributed by atoms with Crippen molar-refractivity contribution in [1.82, 2.24) is 25.2 Å². The molecule has 1 saturated heterocycles. The van der Waals surface area contributed by atoms with Gasteiger partial charge in [0.1, 0.15) is 17.1 Å². The van der Waals surface area contributed by atoms with Gasteiger partial charge in [-0.05, 0) is 48.6 Å². The molecule has 1 aliphatic rings. The molecule has 8 nitrogen and oxygen atoms in total. The topological polar surface area (TPSA) is 95.1 Å². The summed E-state index contributed by atoms with van der Waals surface area (Å²) in [5.41, 5.74) is 0.0259. The molecule has 172 valence electrons. The molecule has 0 aliphatic carbocycles. The molecule has 2 atom stereocenters. The van der Waals surface area contributed by atoms with Gasteiger partial charge in [0.2, 0.25) is 5.89 Å². The molecule has 1 aromatic carbocycles. The normalized spacial score (nSPS) is 19.6. The SMILES string of the molecule is CC(C)c1nn(-c2noc(C3CCNCC3C)n2)c2c(F)ccc(OC(=O)C(F)(F)F)c12.